The molecule has 0 bridgehead atoms. The Morgan fingerprint density at radius 3 is 2.55 bits per heavy atom. The van der Waals surface area contributed by atoms with Crippen molar-refractivity contribution in [3.63, 3.8) is 0 Å². The number of likely N-dealkylation sites (tertiary alicyclic amines) is 1. The summed E-state index contributed by atoms with van der Waals surface area (Å²) in [6, 6.07) is 9.18. The Kier molecular flexibility index (Phi) is 5.71. The van der Waals surface area contributed by atoms with Gasteiger partial charge < -0.3 is 24.7 Å². The maximum atomic E-state index is 12.4. The van der Waals surface area contributed by atoms with Crippen LogP contribution in [0.4, 0.5) is 5.69 Å². The largest absolute Gasteiger partial charge is 0.486 e. The summed E-state index contributed by atoms with van der Waals surface area (Å²) in [7, 11) is 1.99. The van der Waals surface area contributed by atoms with Gasteiger partial charge in [0.05, 0.1) is 6.04 Å². The maximum Gasteiger partial charge on any atom is 0.313 e. The number of benzene rings is 1. The van der Waals surface area contributed by atoms with Crippen LogP contribution in [0.5, 0.6) is 11.5 Å². The average Bonchev–Trinajstić information content (AvgIpc) is 3.40. The van der Waals surface area contributed by atoms with Gasteiger partial charge in [0, 0.05) is 37.2 Å². The Morgan fingerprint density at radius 1 is 1.07 bits per heavy atom. The second-order valence-electron chi connectivity index (χ2n) is 7.33. The number of hydrogen-bond acceptors (Lipinski definition) is 5. The fourth-order valence-corrected chi connectivity index (χ4v) is 3.87. The number of rotatable bonds is 5. The lowest BCUT2D eigenvalue weighted by molar-refractivity contribution is -0.136. The third kappa shape index (κ3) is 4.37. The molecule has 1 aromatic carbocycles. The summed E-state index contributed by atoms with van der Waals surface area (Å²) >= 11 is 0. The minimum Gasteiger partial charge on any atom is -0.486 e. The number of fused-ring (bicyclic) bond motifs is 1. The van der Waals surface area contributed by atoms with E-state index in [0.717, 1.165) is 31.6 Å². The summed E-state index contributed by atoms with van der Waals surface area (Å²) in [5, 5.41) is 5.42. The molecule has 2 aromatic rings. The van der Waals surface area contributed by atoms with Crippen LogP contribution in [0.2, 0.25) is 0 Å². The number of carbonyl (C=O) groups is 2. The van der Waals surface area contributed by atoms with Crippen LogP contribution < -0.4 is 20.1 Å². The fourth-order valence-electron chi connectivity index (χ4n) is 3.87. The second kappa shape index (κ2) is 8.57. The highest BCUT2D eigenvalue weighted by atomic mass is 16.6. The summed E-state index contributed by atoms with van der Waals surface area (Å²) in [6.07, 6.45) is 4.30. The molecule has 2 aliphatic heterocycles. The third-order valence-corrected chi connectivity index (χ3v) is 5.37. The quantitative estimate of drug-likeness (QED) is 0.749. The number of nitrogens with zero attached hydrogens (tertiary/aromatic N) is 2. The number of amides is 2. The van der Waals surface area contributed by atoms with E-state index in [4.69, 9.17) is 9.47 Å². The minimum atomic E-state index is -0.700. The summed E-state index contributed by atoms with van der Waals surface area (Å²) in [5.74, 6) is -0.158. The number of aromatic nitrogens is 1. The molecule has 0 aliphatic carbocycles. The molecule has 2 aliphatic rings. The molecule has 0 unspecified atom stereocenters. The van der Waals surface area contributed by atoms with Crippen molar-refractivity contribution in [2.24, 2.45) is 7.05 Å². The number of aryl methyl sites for hydroxylation is 1. The van der Waals surface area contributed by atoms with E-state index in [2.05, 4.69) is 26.2 Å². The molecule has 0 saturated carbocycles. The van der Waals surface area contributed by atoms with Crippen LogP contribution in [0.1, 0.15) is 24.6 Å². The molecule has 3 heterocycles. The lowest BCUT2D eigenvalue weighted by Crippen LogP contribution is -2.41. The monoisotopic (exact) mass is 398 g/mol. The highest BCUT2D eigenvalue weighted by Crippen LogP contribution is 2.32. The van der Waals surface area contributed by atoms with Gasteiger partial charge in [-0.3, -0.25) is 14.5 Å². The molecule has 1 atom stereocenters. The standard InChI is InChI=1S/C21H26N4O4/c1-24-8-4-5-16(24)17(25-9-2-3-10-25)14-22-20(26)21(27)23-15-6-7-18-19(13-15)29-12-11-28-18/h4-8,13,17H,2-3,9-12,14H2,1H3,(H,22,26)(H,23,27)/t17-/m0/s1. The molecular formula is C21H26N4O4. The van der Waals surface area contributed by atoms with E-state index in [0.29, 0.717) is 36.9 Å². The van der Waals surface area contributed by atoms with E-state index in [-0.39, 0.29) is 6.04 Å². The van der Waals surface area contributed by atoms with Crippen LogP contribution in [-0.4, -0.2) is 54.1 Å². The Labute approximate surface area is 169 Å². The zero-order valence-corrected chi connectivity index (χ0v) is 16.5. The summed E-state index contributed by atoms with van der Waals surface area (Å²) in [5.41, 5.74) is 1.62. The third-order valence-electron chi connectivity index (χ3n) is 5.37. The van der Waals surface area contributed by atoms with Gasteiger partial charge in [0.15, 0.2) is 11.5 Å². The maximum absolute atomic E-state index is 12.4. The number of hydrogen-bond donors (Lipinski definition) is 2. The molecule has 0 spiro atoms. The van der Waals surface area contributed by atoms with Crippen LogP contribution in [0.25, 0.3) is 0 Å². The van der Waals surface area contributed by atoms with Crippen molar-refractivity contribution >= 4 is 17.5 Å². The zero-order valence-electron chi connectivity index (χ0n) is 16.5. The molecule has 8 heteroatoms. The Hall–Kier alpha value is -3.00. The molecule has 2 N–H and O–H groups in total. The highest BCUT2D eigenvalue weighted by molar-refractivity contribution is 6.39. The smallest absolute Gasteiger partial charge is 0.313 e. The summed E-state index contributed by atoms with van der Waals surface area (Å²) in [6.45, 7) is 3.33. The van der Waals surface area contributed by atoms with Crippen LogP contribution in [0.15, 0.2) is 36.5 Å². The molecular weight excluding hydrogens is 372 g/mol. The molecule has 4 rings (SSSR count). The molecule has 1 saturated heterocycles. The lowest BCUT2D eigenvalue weighted by Gasteiger charge is -2.28. The molecule has 0 radical (unpaired) electrons. The van der Waals surface area contributed by atoms with Gasteiger partial charge in [-0.15, -0.1) is 0 Å². The Morgan fingerprint density at radius 2 is 1.83 bits per heavy atom. The van der Waals surface area contributed by atoms with Crippen molar-refractivity contribution in [2.45, 2.75) is 18.9 Å². The highest BCUT2D eigenvalue weighted by Gasteiger charge is 2.26. The van der Waals surface area contributed by atoms with Crippen LogP contribution >= 0.6 is 0 Å². The minimum absolute atomic E-state index is 0.0449. The van der Waals surface area contributed by atoms with E-state index in [1.54, 1.807) is 18.2 Å². The molecule has 1 aromatic heterocycles. The van der Waals surface area contributed by atoms with E-state index in [9.17, 15) is 9.59 Å². The van der Waals surface area contributed by atoms with Gasteiger partial charge in [0.2, 0.25) is 0 Å². The SMILES string of the molecule is Cn1cccc1[C@H](CNC(=O)C(=O)Nc1ccc2c(c1)OCCO2)N1CCCC1. The van der Waals surface area contributed by atoms with Gasteiger partial charge in [-0.1, -0.05) is 0 Å². The summed E-state index contributed by atoms with van der Waals surface area (Å²) < 4.78 is 13.0. The molecule has 1 fully saturated rings. The Balaban J connectivity index is 1.37. The van der Waals surface area contributed by atoms with Crippen molar-refractivity contribution < 1.29 is 19.1 Å². The van der Waals surface area contributed by atoms with Gasteiger partial charge >= 0.3 is 11.8 Å². The van der Waals surface area contributed by atoms with Crippen LogP contribution in [0, 0.1) is 0 Å². The van der Waals surface area contributed by atoms with E-state index < -0.39 is 11.8 Å². The normalized spacial score (nSPS) is 17.0. The van der Waals surface area contributed by atoms with Gasteiger partial charge in [-0.25, -0.2) is 0 Å². The van der Waals surface area contributed by atoms with E-state index >= 15 is 0 Å². The van der Waals surface area contributed by atoms with Gasteiger partial charge in [0.25, 0.3) is 0 Å². The predicted molar refractivity (Wildman–Crippen MR) is 108 cm³/mol. The van der Waals surface area contributed by atoms with Crippen molar-refractivity contribution in [1.29, 1.82) is 0 Å². The van der Waals surface area contributed by atoms with E-state index in [1.807, 2.05) is 19.3 Å². The Bertz CT molecular complexity index is 889. The van der Waals surface area contributed by atoms with Crippen LogP contribution in [0.3, 0.4) is 0 Å². The number of nitrogens with one attached hydrogen (secondary N) is 2. The van der Waals surface area contributed by atoms with Crippen LogP contribution in [-0.2, 0) is 16.6 Å². The van der Waals surface area contributed by atoms with E-state index in [1.165, 1.54) is 0 Å². The summed E-state index contributed by atoms with van der Waals surface area (Å²) in [4.78, 5) is 27.1. The zero-order chi connectivity index (χ0) is 20.2. The topological polar surface area (TPSA) is 84.8 Å². The molecule has 154 valence electrons. The second-order valence-corrected chi connectivity index (χ2v) is 7.33. The van der Waals surface area contributed by atoms with Gasteiger partial charge in [-0.05, 0) is 50.2 Å². The first-order chi connectivity index (χ1) is 14.1. The van der Waals surface area contributed by atoms with Crippen molar-refractivity contribution in [2.75, 3.05) is 38.2 Å². The predicted octanol–water partition coefficient (Wildman–Crippen LogP) is 1.69. The molecule has 29 heavy (non-hydrogen) atoms. The average molecular weight is 398 g/mol. The lowest BCUT2D eigenvalue weighted by atomic mass is 10.1. The van der Waals surface area contributed by atoms with Gasteiger partial charge in [0.1, 0.15) is 13.2 Å². The number of ether oxygens (including phenoxy) is 2. The first kappa shape index (κ1) is 19.3. The van der Waals surface area contributed by atoms with Gasteiger partial charge in [-0.2, -0.15) is 0 Å². The first-order valence-electron chi connectivity index (χ1n) is 9.96. The van der Waals surface area contributed by atoms with Crippen molar-refractivity contribution in [3.8, 4) is 11.5 Å². The molecule has 8 nitrogen and oxygen atoms in total. The number of anilines is 1. The van der Waals surface area contributed by atoms with Crippen molar-refractivity contribution in [1.82, 2.24) is 14.8 Å². The molecule has 2 amide bonds. The van der Waals surface area contributed by atoms with Crippen molar-refractivity contribution in [3.05, 3.63) is 42.2 Å². The number of carbonyl (C=O) groups excluding carboxylic acids is 2. The fraction of sp³-hybridized carbons (Fsp3) is 0.429. The first-order valence-corrected chi connectivity index (χ1v) is 9.96.